The van der Waals surface area contributed by atoms with Gasteiger partial charge >= 0.3 is 0 Å². The standard InChI is InChI=1S/C42H43NO4/c1-2-39(43(28-34-18-8-3-9-19-34)29-35-20-10-4-11-21-35)41(46-31-37-24-14-6-15-25-37)42(47-32-38-26-16-7-17-27-38)40(44)33-45-30-36-22-12-5-13-23-36/h1,3-27,39-42,44H,28-33H2/t39-,40+,41+,42+/m0/s1. The van der Waals surface area contributed by atoms with E-state index in [1.165, 1.54) is 0 Å². The molecule has 0 aliphatic carbocycles. The van der Waals surface area contributed by atoms with Gasteiger partial charge in [0.1, 0.15) is 24.4 Å². The van der Waals surface area contributed by atoms with Gasteiger partial charge < -0.3 is 19.3 Å². The van der Waals surface area contributed by atoms with E-state index in [1.54, 1.807) is 0 Å². The van der Waals surface area contributed by atoms with Crippen LogP contribution in [0.15, 0.2) is 152 Å². The van der Waals surface area contributed by atoms with Crippen LogP contribution in [0.25, 0.3) is 0 Å². The Morgan fingerprint density at radius 3 is 1.28 bits per heavy atom. The molecule has 4 atom stereocenters. The quantitative estimate of drug-likeness (QED) is 0.103. The number of terminal acetylenes is 1. The SMILES string of the molecule is C#C[C@@H]([C@@H](OCc1ccccc1)[C@H](OCc1ccccc1)[C@H](O)COCc1ccccc1)N(Cc1ccccc1)Cc1ccccc1. The van der Waals surface area contributed by atoms with Gasteiger partial charge in [-0.3, -0.25) is 4.90 Å². The van der Waals surface area contributed by atoms with E-state index in [0.717, 1.165) is 27.8 Å². The third-order valence-corrected chi connectivity index (χ3v) is 8.01. The highest BCUT2D eigenvalue weighted by atomic mass is 16.6. The molecule has 0 saturated carbocycles. The summed E-state index contributed by atoms with van der Waals surface area (Å²) >= 11 is 0. The van der Waals surface area contributed by atoms with E-state index in [1.807, 2.05) is 127 Å². The lowest BCUT2D eigenvalue weighted by molar-refractivity contribution is -0.161. The lowest BCUT2D eigenvalue weighted by atomic mass is 9.98. The highest BCUT2D eigenvalue weighted by Gasteiger charge is 2.39. The molecule has 1 N–H and O–H groups in total. The predicted molar refractivity (Wildman–Crippen MR) is 187 cm³/mol. The van der Waals surface area contributed by atoms with Crippen molar-refractivity contribution < 1.29 is 19.3 Å². The van der Waals surface area contributed by atoms with E-state index in [9.17, 15) is 5.11 Å². The maximum Gasteiger partial charge on any atom is 0.115 e. The summed E-state index contributed by atoms with van der Waals surface area (Å²) in [6.45, 7) is 2.17. The number of hydrogen-bond acceptors (Lipinski definition) is 5. The minimum Gasteiger partial charge on any atom is -0.388 e. The van der Waals surface area contributed by atoms with Gasteiger partial charge in [0.2, 0.25) is 0 Å². The largest absolute Gasteiger partial charge is 0.388 e. The Hall–Kier alpha value is -4.54. The molecule has 0 radical (unpaired) electrons. The minimum atomic E-state index is -1.02. The minimum absolute atomic E-state index is 0.0498. The van der Waals surface area contributed by atoms with Crippen molar-refractivity contribution in [1.29, 1.82) is 0 Å². The van der Waals surface area contributed by atoms with Crippen LogP contribution in [0, 0.1) is 12.3 Å². The number of nitrogens with zero attached hydrogens (tertiary/aromatic N) is 1. The summed E-state index contributed by atoms with van der Waals surface area (Å²) in [7, 11) is 0. The molecule has 0 aliphatic rings. The van der Waals surface area contributed by atoms with E-state index < -0.39 is 24.4 Å². The fourth-order valence-corrected chi connectivity index (χ4v) is 5.59. The topological polar surface area (TPSA) is 51.2 Å². The molecule has 0 saturated heterocycles. The maximum atomic E-state index is 11.8. The second-order valence-corrected chi connectivity index (χ2v) is 11.6. The van der Waals surface area contributed by atoms with Gasteiger partial charge in [-0.05, 0) is 27.8 Å². The number of rotatable bonds is 18. The van der Waals surface area contributed by atoms with Crippen molar-refractivity contribution in [2.45, 2.75) is 57.3 Å². The average molecular weight is 626 g/mol. The Morgan fingerprint density at radius 2 is 0.872 bits per heavy atom. The monoisotopic (exact) mass is 625 g/mol. The van der Waals surface area contributed by atoms with Gasteiger partial charge in [-0.25, -0.2) is 0 Å². The zero-order valence-electron chi connectivity index (χ0n) is 26.7. The first-order valence-electron chi connectivity index (χ1n) is 16.1. The molecule has 5 rings (SSSR count). The number of ether oxygens (including phenoxy) is 3. The van der Waals surface area contributed by atoms with Crippen LogP contribution in [0.1, 0.15) is 27.8 Å². The predicted octanol–water partition coefficient (Wildman–Crippen LogP) is 7.44. The molecule has 0 unspecified atom stereocenters. The van der Waals surface area contributed by atoms with Crippen LogP contribution in [0.2, 0.25) is 0 Å². The summed E-state index contributed by atoms with van der Waals surface area (Å²) in [5.74, 6) is 3.06. The summed E-state index contributed by atoms with van der Waals surface area (Å²) in [5, 5.41) is 11.8. The Balaban J connectivity index is 1.47. The van der Waals surface area contributed by atoms with E-state index in [-0.39, 0.29) is 13.2 Å². The normalized spacial score (nSPS) is 13.8. The Labute approximate surface area is 279 Å². The van der Waals surface area contributed by atoms with Crippen LogP contribution in [-0.4, -0.2) is 41.0 Å². The fraction of sp³-hybridized carbons (Fsp3) is 0.238. The lowest BCUT2D eigenvalue weighted by Gasteiger charge is -2.39. The van der Waals surface area contributed by atoms with E-state index in [0.29, 0.717) is 26.3 Å². The molecule has 5 heteroatoms. The van der Waals surface area contributed by atoms with Crippen molar-refractivity contribution >= 4 is 0 Å². The molecule has 5 aromatic rings. The van der Waals surface area contributed by atoms with Crippen molar-refractivity contribution in [3.05, 3.63) is 179 Å². The van der Waals surface area contributed by atoms with E-state index >= 15 is 0 Å². The number of benzene rings is 5. The van der Waals surface area contributed by atoms with Gasteiger partial charge in [-0.1, -0.05) is 158 Å². The molecule has 0 bridgehead atoms. The molecule has 0 fully saturated rings. The summed E-state index contributed by atoms with van der Waals surface area (Å²) < 4.78 is 19.4. The zero-order chi connectivity index (χ0) is 32.5. The van der Waals surface area contributed by atoms with Gasteiger partial charge in [0.15, 0.2) is 0 Å². The Bertz CT molecular complexity index is 1550. The molecule has 5 nitrogen and oxygen atoms in total. The molecule has 0 aromatic heterocycles. The highest BCUT2D eigenvalue weighted by Crippen LogP contribution is 2.24. The third-order valence-electron chi connectivity index (χ3n) is 8.01. The van der Waals surface area contributed by atoms with Crippen molar-refractivity contribution in [3.63, 3.8) is 0 Å². The lowest BCUT2D eigenvalue weighted by Crippen LogP contribution is -2.54. The van der Waals surface area contributed by atoms with Crippen LogP contribution in [0.5, 0.6) is 0 Å². The first-order chi connectivity index (χ1) is 23.2. The van der Waals surface area contributed by atoms with Crippen LogP contribution in [0.4, 0.5) is 0 Å². The molecular formula is C42H43NO4. The summed E-state index contributed by atoms with van der Waals surface area (Å²) in [6.07, 6.45) is 3.91. The maximum absolute atomic E-state index is 11.8. The average Bonchev–Trinajstić information content (AvgIpc) is 3.13. The van der Waals surface area contributed by atoms with Crippen molar-refractivity contribution in [2.24, 2.45) is 0 Å². The van der Waals surface area contributed by atoms with E-state index in [4.69, 9.17) is 20.6 Å². The number of aliphatic hydroxyl groups excluding tert-OH is 1. The van der Waals surface area contributed by atoms with Gasteiger partial charge in [0.25, 0.3) is 0 Å². The molecule has 5 aromatic carbocycles. The van der Waals surface area contributed by atoms with Gasteiger partial charge in [-0.2, -0.15) is 0 Å². The summed E-state index contributed by atoms with van der Waals surface area (Å²) in [6, 6.07) is 49.8. The molecule has 0 amide bonds. The van der Waals surface area contributed by atoms with Gasteiger partial charge in [0.05, 0.1) is 26.4 Å². The van der Waals surface area contributed by atoms with Gasteiger partial charge in [-0.15, -0.1) is 6.42 Å². The molecule has 0 heterocycles. The zero-order valence-corrected chi connectivity index (χ0v) is 26.7. The molecule has 0 spiro atoms. The second kappa shape index (κ2) is 18.6. The Kier molecular flexibility index (Phi) is 13.4. The molecule has 47 heavy (non-hydrogen) atoms. The third kappa shape index (κ3) is 10.8. The molecule has 240 valence electrons. The summed E-state index contributed by atoms with van der Waals surface area (Å²) in [4.78, 5) is 2.23. The number of aliphatic hydroxyl groups is 1. The van der Waals surface area contributed by atoms with Crippen molar-refractivity contribution in [2.75, 3.05) is 6.61 Å². The first kappa shape index (κ1) is 33.8. The highest BCUT2D eigenvalue weighted by molar-refractivity contribution is 5.21. The van der Waals surface area contributed by atoms with Gasteiger partial charge in [0, 0.05) is 13.1 Å². The Morgan fingerprint density at radius 1 is 0.511 bits per heavy atom. The second-order valence-electron chi connectivity index (χ2n) is 11.6. The van der Waals surface area contributed by atoms with Crippen LogP contribution < -0.4 is 0 Å². The van der Waals surface area contributed by atoms with Crippen molar-refractivity contribution in [3.8, 4) is 12.3 Å². The molecular weight excluding hydrogens is 582 g/mol. The first-order valence-corrected chi connectivity index (χ1v) is 16.1. The fourth-order valence-electron chi connectivity index (χ4n) is 5.59. The molecule has 0 aliphatic heterocycles. The van der Waals surface area contributed by atoms with E-state index in [2.05, 4.69) is 35.1 Å². The van der Waals surface area contributed by atoms with Crippen LogP contribution in [0.3, 0.4) is 0 Å². The van der Waals surface area contributed by atoms with Crippen LogP contribution in [-0.2, 0) is 47.1 Å². The van der Waals surface area contributed by atoms with Crippen molar-refractivity contribution in [1.82, 2.24) is 4.90 Å². The van der Waals surface area contributed by atoms with Crippen LogP contribution >= 0.6 is 0 Å². The summed E-state index contributed by atoms with van der Waals surface area (Å²) in [5.41, 5.74) is 5.26. The smallest absolute Gasteiger partial charge is 0.115 e. The number of hydrogen-bond donors (Lipinski definition) is 1.